The molecule has 0 aromatic carbocycles. The quantitative estimate of drug-likeness (QED) is 0.885. The highest BCUT2D eigenvalue weighted by Gasteiger charge is 2.28. The summed E-state index contributed by atoms with van der Waals surface area (Å²) in [7, 11) is 0. The molecule has 2 aromatic rings. The van der Waals surface area contributed by atoms with Crippen LogP contribution in [0.5, 0.6) is 0 Å². The number of rotatable bonds is 3. The van der Waals surface area contributed by atoms with Crippen LogP contribution in [0.15, 0.2) is 16.1 Å². The van der Waals surface area contributed by atoms with E-state index >= 15 is 0 Å². The Morgan fingerprint density at radius 3 is 2.83 bits per heavy atom. The SMILES string of the molecule is Cc1nc(C(C)(C)NC(=O)Nc2cnsc2)no1. The summed E-state index contributed by atoms with van der Waals surface area (Å²) in [5, 5.41) is 11.0. The molecule has 0 fully saturated rings. The zero-order chi connectivity index (χ0) is 13.2. The smallest absolute Gasteiger partial charge is 0.320 e. The predicted octanol–water partition coefficient (Wildman–Crippen LogP) is 1.89. The summed E-state index contributed by atoms with van der Waals surface area (Å²) in [4.78, 5) is 15.9. The zero-order valence-corrected chi connectivity index (χ0v) is 11.0. The molecule has 2 rings (SSSR count). The van der Waals surface area contributed by atoms with Gasteiger partial charge >= 0.3 is 6.03 Å². The molecule has 2 heterocycles. The highest BCUT2D eigenvalue weighted by atomic mass is 32.1. The van der Waals surface area contributed by atoms with Crippen molar-refractivity contribution in [3.63, 3.8) is 0 Å². The van der Waals surface area contributed by atoms with Gasteiger partial charge in [-0.25, -0.2) is 4.79 Å². The molecule has 8 heteroatoms. The number of nitrogens with zero attached hydrogens (tertiary/aromatic N) is 3. The van der Waals surface area contributed by atoms with Crippen LogP contribution in [-0.4, -0.2) is 20.5 Å². The molecular weight excluding hydrogens is 254 g/mol. The fourth-order valence-corrected chi connectivity index (χ4v) is 1.79. The second-order valence-corrected chi connectivity index (χ2v) is 4.91. The highest BCUT2D eigenvalue weighted by Crippen LogP contribution is 2.17. The van der Waals surface area contributed by atoms with E-state index in [0.29, 0.717) is 17.4 Å². The van der Waals surface area contributed by atoms with Gasteiger partial charge in [0, 0.05) is 12.3 Å². The Morgan fingerprint density at radius 2 is 2.28 bits per heavy atom. The number of aromatic nitrogens is 3. The first-order valence-corrected chi connectivity index (χ1v) is 6.10. The zero-order valence-electron chi connectivity index (χ0n) is 10.2. The summed E-state index contributed by atoms with van der Waals surface area (Å²) >= 11 is 1.27. The van der Waals surface area contributed by atoms with Crippen molar-refractivity contribution in [3.8, 4) is 0 Å². The lowest BCUT2D eigenvalue weighted by atomic mass is 10.1. The van der Waals surface area contributed by atoms with E-state index in [4.69, 9.17) is 4.52 Å². The van der Waals surface area contributed by atoms with E-state index in [1.54, 1.807) is 32.3 Å². The molecule has 0 saturated carbocycles. The summed E-state index contributed by atoms with van der Waals surface area (Å²) in [5.41, 5.74) is -0.0664. The Balaban J connectivity index is 2.01. The lowest BCUT2D eigenvalue weighted by Crippen LogP contribution is -2.44. The van der Waals surface area contributed by atoms with Crippen molar-refractivity contribution in [2.75, 3.05) is 5.32 Å². The topological polar surface area (TPSA) is 92.9 Å². The molecule has 0 aliphatic rings. The van der Waals surface area contributed by atoms with E-state index in [1.807, 2.05) is 0 Å². The number of carbonyl (C=O) groups is 1. The fraction of sp³-hybridized carbons (Fsp3) is 0.400. The molecule has 2 aromatic heterocycles. The van der Waals surface area contributed by atoms with Crippen molar-refractivity contribution in [3.05, 3.63) is 23.3 Å². The van der Waals surface area contributed by atoms with Crippen LogP contribution in [0.25, 0.3) is 0 Å². The van der Waals surface area contributed by atoms with E-state index in [1.165, 1.54) is 11.5 Å². The Bertz CT molecular complexity index is 534. The summed E-state index contributed by atoms with van der Waals surface area (Å²) in [6.07, 6.45) is 1.58. The molecule has 0 saturated heterocycles. The maximum absolute atomic E-state index is 11.8. The summed E-state index contributed by atoms with van der Waals surface area (Å²) in [6.45, 7) is 5.29. The first-order chi connectivity index (χ1) is 8.47. The van der Waals surface area contributed by atoms with Crippen LogP contribution in [0, 0.1) is 6.92 Å². The van der Waals surface area contributed by atoms with Gasteiger partial charge in [0.15, 0.2) is 5.82 Å². The van der Waals surface area contributed by atoms with Crippen LogP contribution >= 0.6 is 11.5 Å². The highest BCUT2D eigenvalue weighted by molar-refractivity contribution is 7.04. The van der Waals surface area contributed by atoms with Gasteiger partial charge < -0.3 is 15.2 Å². The van der Waals surface area contributed by atoms with Gasteiger partial charge in [-0.2, -0.15) is 9.36 Å². The number of hydrogen-bond acceptors (Lipinski definition) is 6. The third kappa shape index (κ3) is 2.83. The Kier molecular flexibility index (Phi) is 3.28. The third-order valence-electron chi connectivity index (χ3n) is 2.20. The first kappa shape index (κ1) is 12.5. The standard InChI is InChI=1S/C10H13N5O2S/c1-6-12-8(15-17-6)10(2,3)14-9(16)13-7-4-11-18-5-7/h4-5H,1-3H3,(H2,13,14,16). The molecule has 0 spiro atoms. The maximum atomic E-state index is 11.8. The Labute approximate surface area is 108 Å². The van der Waals surface area contributed by atoms with Crippen molar-refractivity contribution in [1.29, 1.82) is 0 Å². The average Bonchev–Trinajstić information content (AvgIpc) is 2.88. The maximum Gasteiger partial charge on any atom is 0.320 e. The van der Waals surface area contributed by atoms with Crippen molar-refractivity contribution < 1.29 is 9.32 Å². The number of aryl methyl sites for hydroxylation is 1. The molecule has 7 nitrogen and oxygen atoms in total. The molecule has 0 aliphatic carbocycles. The summed E-state index contributed by atoms with van der Waals surface area (Å²) in [5.74, 6) is 0.890. The van der Waals surface area contributed by atoms with Crippen molar-refractivity contribution >= 4 is 23.3 Å². The number of hydrogen-bond donors (Lipinski definition) is 2. The van der Waals surface area contributed by atoms with E-state index < -0.39 is 5.54 Å². The fourth-order valence-electron chi connectivity index (χ4n) is 1.32. The largest absolute Gasteiger partial charge is 0.340 e. The van der Waals surface area contributed by atoms with E-state index in [-0.39, 0.29) is 6.03 Å². The van der Waals surface area contributed by atoms with Crippen LogP contribution in [-0.2, 0) is 5.54 Å². The number of amides is 2. The predicted molar refractivity (Wildman–Crippen MR) is 66.3 cm³/mol. The lowest BCUT2D eigenvalue weighted by molar-refractivity contribution is 0.239. The normalized spacial score (nSPS) is 11.3. The number of carbonyl (C=O) groups excluding carboxylic acids is 1. The van der Waals surface area contributed by atoms with Crippen LogP contribution < -0.4 is 10.6 Å². The minimum Gasteiger partial charge on any atom is -0.340 e. The Hall–Kier alpha value is -1.96. The van der Waals surface area contributed by atoms with Crippen LogP contribution in [0.4, 0.5) is 10.5 Å². The first-order valence-electron chi connectivity index (χ1n) is 5.27. The number of nitrogens with one attached hydrogen (secondary N) is 2. The molecule has 2 amide bonds. The number of anilines is 1. The minimum absolute atomic E-state index is 0.345. The van der Waals surface area contributed by atoms with Gasteiger partial charge in [-0.15, -0.1) is 0 Å². The molecule has 96 valence electrons. The van der Waals surface area contributed by atoms with E-state index in [2.05, 4.69) is 25.1 Å². The second kappa shape index (κ2) is 4.73. The summed E-state index contributed by atoms with van der Waals surface area (Å²) < 4.78 is 8.79. The van der Waals surface area contributed by atoms with Crippen molar-refractivity contribution in [1.82, 2.24) is 19.8 Å². The summed E-state index contributed by atoms with van der Waals surface area (Å²) in [6, 6.07) is -0.345. The molecular formula is C10H13N5O2S. The molecule has 2 N–H and O–H groups in total. The monoisotopic (exact) mass is 267 g/mol. The van der Waals surface area contributed by atoms with Gasteiger partial charge in [0.25, 0.3) is 0 Å². The third-order valence-corrected chi connectivity index (χ3v) is 2.79. The van der Waals surface area contributed by atoms with Gasteiger partial charge in [0.05, 0.1) is 17.4 Å². The van der Waals surface area contributed by atoms with Crippen LogP contribution in [0.3, 0.4) is 0 Å². The van der Waals surface area contributed by atoms with Gasteiger partial charge in [0.2, 0.25) is 5.89 Å². The van der Waals surface area contributed by atoms with Crippen LogP contribution in [0.2, 0.25) is 0 Å². The minimum atomic E-state index is -0.717. The van der Waals surface area contributed by atoms with E-state index in [0.717, 1.165) is 0 Å². The van der Waals surface area contributed by atoms with Crippen LogP contribution in [0.1, 0.15) is 25.6 Å². The van der Waals surface area contributed by atoms with Gasteiger partial charge in [-0.3, -0.25) is 0 Å². The van der Waals surface area contributed by atoms with E-state index in [9.17, 15) is 4.79 Å². The molecule has 0 unspecified atom stereocenters. The Morgan fingerprint density at radius 1 is 1.50 bits per heavy atom. The molecule has 0 atom stereocenters. The molecule has 0 radical (unpaired) electrons. The van der Waals surface area contributed by atoms with Gasteiger partial charge in [-0.05, 0) is 25.4 Å². The van der Waals surface area contributed by atoms with Crippen molar-refractivity contribution in [2.24, 2.45) is 0 Å². The molecule has 18 heavy (non-hydrogen) atoms. The second-order valence-electron chi connectivity index (χ2n) is 4.25. The molecule has 0 bridgehead atoms. The number of urea groups is 1. The average molecular weight is 267 g/mol. The lowest BCUT2D eigenvalue weighted by Gasteiger charge is -2.22. The van der Waals surface area contributed by atoms with Crippen molar-refractivity contribution in [2.45, 2.75) is 26.3 Å². The van der Waals surface area contributed by atoms with Gasteiger partial charge in [0.1, 0.15) is 0 Å². The van der Waals surface area contributed by atoms with Gasteiger partial charge in [-0.1, -0.05) is 5.16 Å². The molecule has 0 aliphatic heterocycles.